The summed E-state index contributed by atoms with van der Waals surface area (Å²) in [6.45, 7) is 7.19. The van der Waals surface area contributed by atoms with Crippen molar-refractivity contribution in [2.45, 2.75) is 20.8 Å². The van der Waals surface area contributed by atoms with Gasteiger partial charge in [0.05, 0.1) is 0 Å². The Hall–Kier alpha value is -1.39. The first kappa shape index (κ1) is 9.70. The SMILES string of the molecule is CC(C)(C)CNc1ncnc(N)n1. The van der Waals surface area contributed by atoms with E-state index in [1.165, 1.54) is 6.33 Å². The average Bonchev–Trinajstić information content (AvgIpc) is 2.00. The molecule has 0 bridgehead atoms. The van der Waals surface area contributed by atoms with E-state index in [-0.39, 0.29) is 11.4 Å². The zero-order valence-corrected chi connectivity index (χ0v) is 8.20. The van der Waals surface area contributed by atoms with Crippen molar-refractivity contribution in [3.63, 3.8) is 0 Å². The number of aromatic nitrogens is 3. The Kier molecular flexibility index (Phi) is 2.65. The summed E-state index contributed by atoms with van der Waals surface area (Å²) in [7, 11) is 0. The van der Waals surface area contributed by atoms with Crippen molar-refractivity contribution >= 4 is 11.9 Å². The highest BCUT2D eigenvalue weighted by molar-refractivity contribution is 5.28. The normalized spacial score (nSPS) is 11.3. The minimum Gasteiger partial charge on any atom is -0.368 e. The molecule has 5 nitrogen and oxygen atoms in total. The second-order valence-corrected chi connectivity index (χ2v) is 4.08. The molecule has 0 spiro atoms. The summed E-state index contributed by atoms with van der Waals surface area (Å²) in [5.74, 6) is 0.772. The maximum atomic E-state index is 5.40. The molecule has 0 saturated heterocycles. The third-order valence-electron chi connectivity index (χ3n) is 1.37. The quantitative estimate of drug-likeness (QED) is 0.709. The Bertz CT molecular complexity index is 278. The van der Waals surface area contributed by atoms with Gasteiger partial charge in [-0.1, -0.05) is 20.8 Å². The van der Waals surface area contributed by atoms with Gasteiger partial charge in [-0.15, -0.1) is 0 Å². The molecule has 3 N–H and O–H groups in total. The molecule has 1 aromatic heterocycles. The fourth-order valence-corrected chi connectivity index (χ4v) is 0.738. The Balaban J connectivity index is 2.55. The van der Waals surface area contributed by atoms with Crippen molar-refractivity contribution in [3.8, 4) is 0 Å². The third-order valence-corrected chi connectivity index (χ3v) is 1.37. The smallest absolute Gasteiger partial charge is 0.227 e. The summed E-state index contributed by atoms with van der Waals surface area (Å²) in [4.78, 5) is 11.5. The van der Waals surface area contributed by atoms with Gasteiger partial charge >= 0.3 is 0 Å². The number of nitrogens with one attached hydrogen (secondary N) is 1. The molecule has 0 radical (unpaired) electrons. The van der Waals surface area contributed by atoms with Crippen LogP contribution in [-0.4, -0.2) is 21.5 Å². The van der Waals surface area contributed by atoms with Crippen LogP contribution in [0.25, 0.3) is 0 Å². The number of nitrogen functional groups attached to an aromatic ring is 1. The highest BCUT2D eigenvalue weighted by atomic mass is 15.2. The van der Waals surface area contributed by atoms with Crippen molar-refractivity contribution in [2.24, 2.45) is 5.41 Å². The van der Waals surface area contributed by atoms with Gasteiger partial charge in [0, 0.05) is 6.54 Å². The highest BCUT2D eigenvalue weighted by Gasteiger charge is 2.10. The molecule has 0 atom stereocenters. The number of hydrogen-bond donors (Lipinski definition) is 2. The van der Waals surface area contributed by atoms with E-state index in [1.54, 1.807) is 0 Å². The molecule has 1 aromatic rings. The Morgan fingerprint density at radius 1 is 1.38 bits per heavy atom. The fourth-order valence-electron chi connectivity index (χ4n) is 0.738. The summed E-state index contributed by atoms with van der Waals surface area (Å²) < 4.78 is 0. The maximum absolute atomic E-state index is 5.40. The largest absolute Gasteiger partial charge is 0.368 e. The first-order valence-electron chi connectivity index (χ1n) is 4.16. The van der Waals surface area contributed by atoms with Crippen LogP contribution in [0.15, 0.2) is 6.33 Å². The molecule has 1 heterocycles. The van der Waals surface area contributed by atoms with Crippen LogP contribution in [0.4, 0.5) is 11.9 Å². The molecule has 0 aliphatic carbocycles. The fraction of sp³-hybridized carbons (Fsp3) is 0.625. The van der Waals surface area contributed by atoms with Crippen LogP contribution in [0.1, 0.15) is 20.8 Å². The lowest BCUT2D eigenvalue weighted by Crippen LogP contribution is -2.20. The molecule has 0 amide bonds. The van der Waals surface area contributed by atoms with E-state index in [4.69, 9.17) is 5.73 Å². The van der Waals surface area contributed by atoms with Gasteiger partial charge < -0.3 is 11.1 Å². The molecule has 0 saturated carbocycles. The van der Waals surface area contributed by atoms with E-state index in [1.807, 2.05) is 0 Å². The van der Waals surface area contributed by atoms with Crippen LogP contribution < -0.4 is 11.1 Å². The van der Waals surface area contributed by atoms with Crippen LogP contribution in [0.3, 0.4) is 0 Å². The topological polar surface area (TPSA) is 76.7 Å². The van der Waals surface area contributed by atoms with E-state index < -0.39 is 0 Å². The van der Waals surface area contributed by atoms with Gasteiger partial charge in [-0.3, -0.25) is 0 Å². The zero-order chi connectivity index (χ0) is 9.90. The van der Waals surface area contributed by atoms with Gasteiger partial charge in [0.1, 0.15) is 6.33 Å². The van der Waals surface area contributed by atoms with Crippen LogP contribution in [0.5, 0.6) is 0 Å². The van der Waals surface area contributed by atoms with E-state index in [2.05, 4.69) is 41.0 Å². The van der Waals surface area contributed by atoms with Crippen molar-refractivity contribution in [1.82, 2.24) is 15.0 Å². The molecule has 5 heteroatoms. The minimum atomic E-state index is 0.196. The van der Waals surface area contributed by atoms with Crippen LogP contribution in [0.2, 0.25) is 0 Å². The molecule has 0 unspecified atom stereocenters. The standard InChI is InChI=1S/C8H15N5/c1-8(2,3)4-10-7-12-5-11-6(9)13-7/h5H,4H2,1-3H3,(H3,9,10,11,12,13). The van der Waals surface area contributed by atoms with Crippen molar-refractivity contribution < 1.29 is 0 Å². The summed E-state index contributed by atoms with van der Waals surface area (Å²) in [6.07, 6.45) is 1.40. The molecule has 1 rings (SSSR count). The van der Waals surface area contributed by atoms with Crippen molar-refractivity contribution in [1.29, 1.82) is 0 Å². The van der Waals surface area contributed by atoms with Gasteiger partial charge in [0.25, 0.3) is 0 Å². The molecule has 0 aromatic carbocycles. The predicted octanol–water partition coefficient (Wildman–Crippen LogP) is 0.912. The summed E-state index contributed by atoms with van der Waals surface area (Å²) in [5.41, 5.74) is 5.59. The molecular weight excluding hydrogens is 166 g/mol. The maximum Gasteiger partial charge on any atom is 0.227 e. The Labute approximate surface area is 77.8 Å². The number of nitrogens with two attached hydrogens (primary N) is 1. The second kappa shape index (κ2) is 3.55. The average molecular weight is 181 g/mol. The predicted molar refractivity (Wildman–Crippen MR) is 52.2 cm³/mol. The first-order chi connectivity index (χ1) is 5.97. The molecule has 0 fully saturated rings. The number of nitrogens with zero attached hydrogens (tertiary/aromatic N) is 3. The summed E-state index contributed by atoms with van der Waals surface area (Å²) >= 11 is 0. The molecular formula is C8H15N5. The van der Waals surface area contributed by atoms with Gasteiger partial charge in [-0.25, -0.2) is 9.97 Å². The lowest BCUT2D eigenvalue weighted by molar-refractivity contribution is 0.441. The molecule has 72 valence electrons. The lowest BCUT2D eigenvalue weighted by Gasteiger charge is -2.18. The first-order valence-corrected chi connectivity index (χ1v) is 4.16. The zero-order valence-electron chi connectivity index (χ0n) is 8.20. The van der Waals surface area contributed by atoms with E-state index >= 15 is 0 Å². The van der Waals surface area contributed by atoms with Gasteiger partial charge in [-0.2, -0.15) is 4.98 Å². The molecule has 13 heavy (non-hydrogen) atoms. The van der Waals surface area contributed by atoms with E-state index in [0.29, 0.717) is 5.95 Å². The van der Waals surface area contributed by atoms with Crippen molar-refractivity contribution in [2.75, 3.05) is 17.6 Å². The highest BCUT2D eigenvalue weighted by Crippen LogP contribution is 2.12. The molecule has 0 aliphatic rings. The molecule has 0 aliphatic heterocycles. The monoisotopic (exact) mass is 181 g/mol. The van der Waals surface area contributed by atoms with E-state index in [0.717, 1.165) is 6.54 Å². The van der Waals surface area contributed by atoms with Gasteiger partial charge in [-0.05, 0) is 5.41 Å². The van der Waals surface area contributed by atoms with Gasteiger partial charge in [0.15, 0.2) is 0 Å². The second-order valence-electron chi connectivity index (χ2n) is 4.08. The Morgan fingerprint density at radius 3 is 2.62 bits per heavy atom. The van der Waals surface area contributed by atoms with Crippen LogP contribution >= 0.6 is 0 Å². The lowest BCUT2D eigenvalue weighted by atomic mass is 9.97. The third kappa shape index (κ3) is 3.68. The van der Waals surface area contributed by atoms with E-state index in [9.17, 15) is 0 Å². The number of rotatable bonds is 2. The minimum absolute atomic E-state index is 0.196. The summed E-state index contributed by atoms with van der Waals surface area (Å²) in [6, 6.07) is 0. The summed E-state index contributed by atoms with van der Waals surface area (Å²) in [5, 5.41) is 3.08. The van der Waals surface area contributed by atoms with Crippen molar-refractivity contribution in [3.05, 3.63) is 6.33 Å². The van der Waals surface area contributed by atoms with Crippen LogP contribution in [-0.2, 0) is 0 Å². The van der Waals surface area contributed by atoms with Gasteiger partial charge in [0.2, 0.25) is 11.9 Å². The number of anilines is 2. The van der Waals surface area contributed by atoms with Crippen LogP contribution in [0, 0.1) is 5.41 Å². The Morgan fingerprint density at radius 2 is 2.08 bits per heavy atom. The number of hydrogen-bond acceptors (Lipinski definition) is 5.